The molecule has 0 spiro atoms. The number of allylic oxidation sites excluding steroid dienone is 1. The highest BCUT2D eigenvalue weighted by Crippen LogP contribution is 2.47. The highest BCUT2D eigenvalue weighted by molar-refractivity contribution is 5.93. The molecule has 1 fully saturated rings. The summed E-state index contributed by atoms with van der Waals surface area (Å²) in [6, 6.07) is 13.1. The predicted octanol–water partition coefficient (Wildman–Crippen LogP) is 6.21. The Morgan fingerprint density at radius 2 is 1.73 bits per heavy atom. The van der Waals surface area contributed by atoms with E-state index in [0.29, 0.717) is 0 Å². The molecular formula is C24H32O2. The van der Waals surface area contributed by atoms with Gasteiger partial charge >= 0.3 is 0 Å². The fourth-order valence-corrected chi connectivity index (χ4v) is 3.94. The van der Waals surface area contributed by atoms with E-state index in [-0.39, 0.29) is 5.60 Å². The highest BCUT2D eigenvalue weighted by Gasteiger charge is 2.46. The maximum Gasteiger partial charge on any atom is 0.0940 e. The molecule has 0 unspecified atom stereocenters. The van der Waals surface area contributed by atoms with E-state index in [4.69, 9.17) is 4.74 Å². The van der Waals surface area contributed by atoms with Crippen molar-refractivity contribution in [2.75, 3.05) is 0 Å². The molecule has 1 saturated carbocycles. The zero-order valence-electron chi connectivity index (χ0n) is 16.9. The molecule has 3 rings (SSSR count). The second-order valence-corrected chi connectivity index (χ2v) is 8.89. The Morgan fingerprint density at radius 1 is 1.08 bits per heavy atom. The number of aliphatic hydroxyl groups is 1. The van der Waals surface area contributed by atoms with Crippen LogP contribution in [-0.4, -0.2) is 16.3 Å². The third-order valence-electron chi connectivity index (χ3n) is 6.20. The fraction of sp³-hybridized carbons (Fsp3) is 0.500. The summed E-state index contributed by atoms with van der Waals surface area (Å²) in [7, 11) is 0. The molecule has 26 heavy (non-hydrogen) atoms. The van der Waals surface area contributed by atoms with Crippen LogP contribution < -0.4 is 0 Å². The molecule has 0 bridgehead atoms. The van der Waals surface area contributed by atoms with Crippen molar-refractivity contribution in [3.63, 3.8) is 0 Å². The maximum atomic E-state index is 10.6. The van der Waals surface area contributed by atoms with Crippen LogP contribution in [0.5, 0.6) is 0 Å². The number of fused-ring (bicyclic) bond motifs is 1. The van der Waals surface area contributed by atoms with Gasteiger partial charge in [-0.3, -0.25) is 0 Å². The van der Waals surface area contributed by atoms with Crippen LogP contribution in [0.3, 0.4) is 0 Å². The van der Waals surface area contributed by atoms with Crippen LogP contribution in [0.1, 0.15) is 71.4 Å². The number of ether oxygens (including phenoxy) is 1. The van der Waals surface area contributed by atoms with Crippen LogP contribution in [0, 0.1) is 0 Å². The normalized spacial score (nSPS) is 17.6. The molecule has 2 nitrogen and oxygen atoms in total. The molecule has 0 radical (unpaired) electrons. The number of rotatable bonds is 5. The van der Waals surface area contributed by atoms with Gasteiger partial charge in [-0.25, -0.2) is 0 Å². The molecule has 0 aliphatic heterocycles. The van der Waals surface area contributed by atoms with Crippen molar-refractivity contribution in [3.05, 3.63) is 54.1 Å². The SMILES string of the molecule is C=C(C)c1cccc2ccc(C3(OC(C)(C)C(C)(C)O)CCCC3)cc12. The van der Waals surface area contributed by atoms with Gasteiger partial charge in [0.25, 0.3) is 0 Å². The monoisotopic (exact) mass is 352 g/mol. The largest absolute Gasteiger partial charge is 0.387 e. The first-order valence-electron chi connectivity index (χ1n) is 9.67. The molecule has 2 heteroatoms. The van der Waals surface area contributed by atoms with Crippen molar-refractivity contribution in [3.8, 4) is 0 Å². The number of hydrogen-bond donors (Lipinski definition) is 1. The first-order valence-corrected chi connectivity index (χ1v) is 9.67. The van der Waals surface area contributed by atoms with Crippen LogP contribution in [0.2, 0.25) is 0 Å². The first kappa shape index (κ1) is 19.1. The van der Waals surface area contributed by atoms with E-state index in [9.17, 15) is 5.11 Å². The molecule has 0 heterocycles. The zero-order valence-corrected chi connectivity index (χ0v) is 16.9. The van der Waals surface area contributed by atoms with Gasteiger partial charge in [0.15, 0.2) is 0 Å². The summed E-state index contributed by atoms with van der Waals surface area (Å²) < 4.78 is 6.71. The van der Waals surface area contributed by atoms with Gasteiger partial charge in [-0.15, -0.1) is 0 Å². The van der Waals surface area contributed by atoms with Crippen LogP contribution >= 0.6 is 0 Å². The second kappa shape index (κ2) is 6.51. The van der Waals surface area contributed by atoms with Crippen LogP contribution in [0.25, 0.3) is 16.3 Å². The minimum atomic E-state index is -0.914. The molecule has 1 aliphatic carbocycles. The van der Waals surface area contributed by atoms with Crippen LogP contribution in [-0.2, 0) is 10.3 Å². The Bertz CT molecular complexity index is 818. The second-order valence-electron chi connectivity index (χ2n) is 8.89. The van der Waals surface area contributed by atoms with Gasteiger partial charge in [-0.05, 0) is 75.4 Å². The van der Waals surface area contributed by atoms with E-state index in [0.717, 1.165) is 31.3 Å². The minimum Gasteiger partial charge on any atom is -0.387 e. The van der Waals surface area contributed by atoms with Crippen molar-refractivity contribution in [2.45, 2.75) is 77.1 Å². The van der Waals surface area contributed by atoms with Gasteiger partial charge in [0.05, 0.1) is 16.8 Å². The summed E-state index contributed by atoms with van der Waals surface area (Å²) in [5, 5.41) is 13.1. The standard InChI is InChI=1S/C24H32O2/c1-17(2)20-11-9-10-18-12-13-19(16-21(18)20)24(14-7-8-15-24)26-23(5,6)22(3,4)25/h9-13,16,25H,1,7-8,14-15H2,2-6H3. The van der Waals surface area contributed by atoms with Gasteiger partial charge in [-0.2, -0.15) is 0 Å². The lowest BCUT2D eigenvalue weighted by Crippen LogP contribution is -2.51. The number of benzene rings is 2. The molecule has 0 aromatic heterocycles. The van der Waals surface area contributed by atoms with Crippen molar-refractivity contribution >= 4 is 16.3 Å². The third kappa shape index (κ3) is 3.33. The fourth-order valence-electron chi connectivity index (χ4n) is 3.94. The Labute approximate surface area is 157 Å². The molecular weight excluding hydrogens is 320 g/mol. The molecule has 1 N–H and O–H groups in total. The zero-order chi connectivity index (χ0) is 19.2. The van der Waals surface area contributed by atoms with Crippen LogP contribution in [0.4, 0.5) is 0 Å². The quantitative estimate of drug-likeness (QED) is 0.693. The van der Waals surface area contributed by atoms with Gasteiger partial charge in [0.2, 0.25) is 0 Å². The summed E-state index contributed by atoms with van der Waals surface area (Å²) >= 11 is 0. The van der Waals surface area contributed by atoms with Gasteiger partial charge in [-0.1, -0.05) is 55.3 Å². The lowest BCUT2D eigenvalue weighted by atomic mass is 9.84. The van der Waals surface area contributed by atoms with E-state index in [1.165, 1.54) is 21.9 Å². The third-order valence-corrected chi connectivity index (χ3v) is 6.20. The summed E-state index contributed by atoms with van der Waals surface area (Å²) in [5.74, 6) is 0. The molecule has 0 amide bonds. The van der Waals surface area contributed by atoms with E-state index in [1.807, 2.05) is 27.7 Å². The lowest BCUT2D eigenvalue weighted by molar-refractivity contribution is -0.216. The Kier molecular flexibility index (Phi) is 4.79. The smallest absolute Gasteiger partial charge is 0.0940 e. The minimum absolute atomic E-state index is 0.333. The molecule has 0 saturated heterocycles. The molecule has 0 atom stereocenters. The lowest BCUT2D eigenvalue weighted by Gasteiger charge is -2.45. The van der Waals surface area contributed by atoms with Crippen molar-refractivity contribution in [2.24, 2.45) is 0 Å². The summed E-state index contributed by atoms with van der Waals surface area (Å²) in [4.78, 5) is 0. The predicted molar refractivity (Wildman–Crippen MR) is 110 cm³/mol. The highest BCUT2D eigenvalue weighted by atomic mass is 16.5. The number of hydrogen-bond acceptors (Lipinski definition) is 2. The van der Waals surface area contributed by atoms with E-state index in [1.54, 1.807) is 0 Å². The molecule has 2 aromatic rings. The van der Waals surface area contributed by atoms with E-state index in [2.05, 4.69) is 49.9 Å². The summed E-state index contributed by atoms with van der Waals surface area (Å²) in [6.45, 7) is 13.8. The first-order chi connectivity index (χ1) is 12.1. The van der Waals surface area contributed by atoms with E-state index >= 15 is 0 Å². The Hall–Kier alpha value is -1.64. The Balaban J connectivity index is 2.12. The van der Waals surface area contributed by atoms with Gasteiger partial charge < -0.3 is 9.84 Å². The average Bonchev–Trinajstić information content (AvgIpc) is 3.01. The summed E-state index contributed by atoms with van der Waals surface area (Å²) in [5.41, 5.74) is 1.60. The molecule has 2 aromatic carbocycles. The van der Waals surface area contributed by atoms with Gasteiger partial charge in [0, 0.05) is 0 Å². The van der Waals surface area contributed by atoms with Crippen molar-refractivity contribution in [1.29, 1.82) is 0 Å². The maximum absolute atomic E-state index is 10.6. The molecule has 1 aliphatic rings. The molecule has 140 valence electrons. The van der Waals surface area contributed by atoms with Crippen LogP contribution in [0.15, 0.2) is 43.0 Å². The average molecular weight is 353 g/mol. The topological polar surface area (TPSA) is 29.5 Å². The van der Waals surface area contributed by atoms with Gasteiger partial charge in [0.1, 0.15) is 0 Å². The van der Waals surface area contributed by atoms with Crippen molar-refractivity contribution in [1.82, 2.24) is 0 Å². The van der Waals surface area contributed by atoms with Crippen molar-refractivity contribution < 1.29 is 9.84 Å². The summed E-state index contributed by atoms with van der Waals surface area (Å²) in [6.07, 6.45) is 4.30. The van der Waals surface area contributed by atoms with E-state index < -0.39 is 11.2 Å². The Morgan fingerprint density at radius 3 is 2.31 bits per heavy atom.